The van der Waals surface area contributed by atoms with Crippen LogP contribution in [0.25, 0.3) is 0 Å². The van der Waals surface area contributed by atoms with Crippen LogP contribution in [0, 0.1) is 12.3 Å². The molecular formula is C7H6F3N4OS+. The molecule has 1 unspecified atom stereocenters. The predicted molar refractivity (Wildman–Crippen MR) is 51.7 cm³/mol. The van der Waals surface area contributed by atoms with Gasteiger partial charge in [-0.15, -0.1) is 19.6 Å². The van der Waals surface area contributed by atoms with E-state index in [1.165, 1.54) is 0 Å². The summed E-state index contributed by atoms with van der Waals surface area (Å²) in [6.45, 7) is -0.0836. The molecule has 1 aromatic heterocycles. The Hall–Kier alpha value is -1.82. The lowest BCUT2D eigenvalue weighted by Gasteiger charge is -2.00. The molecule has 0 radical (unpaired) electrons. The number of nitrogens with zero attached hydrogens (tertiary/aromatic N) is 2. The first-order chi connectivity index (χ1) is 7.45. The van der Waals surface area contributed by atoms with Gasteiger partial charge in [0.25, 0.3) is 5.51 Å². The van der Waals surface area contributed by atoms with E-state index in [0.717, 1.165) is 0 Å². The maximum Gasteiger partial charge on any atom is 0.605 e. The Kier molecular flexibility index (Phi) is 3.68. The molecule has 0 saturated carbocycles. The number of anilines is 1. The van der Waals surface area contributed by atoms with Crippen molar-refractivity contribution in [1.82, 2.24) is 15.5 Å². The van der Waals surface area contributed by atoms with Crippen LogP contribution >= 0.6 is 10.5 Å². The topological polar surface area (TPSA) is 66.9 Å². The van der Waals surface area contributed by atoms with Gasteiger partial charge in [0.05, 0.1) is 6.54 Å². The molecule has 0 aliphatic rings. The van der Waals surface area contributed by atoms with Crippen LogP contribution in [0.4, 0.5) is 23.1 Å². The summed E-state index contributed by atoms with van der Waals surface area (Å²) >= 11 is 0. The van der Waals surface area contributed by atoms with Crippen LogP contribution < -0.4 is 10.6 Å². The molecule has 0 saturated heterocycles. The Morgan fingerprint density at radius 2 is 2.31 bits per heavy atom. The van der Waals surface area contributed by atoms with Crippen LogP contribution in [0.2, 0.25) is 0 Å². The summed E-state index contributed by atoms with van der Waals surface area (Å²) in [6, 6.07) is -0.844. The third kappa shape index (κ3) is 3.09. The number of hydrogen-bond donors (Lipinski definition) is 2. The van der Waals surface area contributed by atoms with Crippen molar-refractivity contribution in [3.8, 4) is 12.3 Å². The van der Waals surface area contributed by atoms with E-state index >= 15 is 0 Å². The maximum atomic E-state index is 12.3. The highest BCUT2D eigenvalue weighted by Crippen LogP contribution is 2.45. The van der Waals surface area contributed by atoms with E-state index in [1.807, 2.05) is 5.32 Å². The monoisotopic (exact) mass is 251 g/mol. The summed E-state index contributed by atoms with van der Waals surface area (Å²) in [5.74, 6) is 2.10. The van der Waals surface area contributed by atoms with Gasteiger partial charge in [-0.2, -0.15) is 0 Å². The van der Waals surface area contributed by atoms with E-state index in [-0.39, 0.29) is 6.54 Å². The average Bonchev–Trinajstić information content (AvgIpc) is 2.62. The Morgan fingerprint density at radius 1 is 1.62 bits per heavy atom. The lowest BCUT2D eigenvalue weighted by atomic mass is 10.7. The van der Waals surface area contributed by atoms with Crippen LogP contribution in [0.15, 0.2) is 5.51 Å². The zero-order valence-electron chi connectivity index (χ0n) is 7.71. The normalized spacial score (nSPS) is 11.8. The molecule has 1 atom stereocenters. The number of urea groups is 1. The number of carbonyl (C=O) groups excluding carboxylic acids is 1. The molecule has 1 heterocycles. The number of aromatic nitrogens is 2. The summed E-state index contributed by atoms with van der Waals surface area (Å²) < 4.78 is 37.0. The van der Waals surface area contributed by atoms with Gasteiger partial charge in [-0.05, 0) is 0 Å². The molecule has 16 heavy (non-hydrogen) atoms. The second kappa shape index (κ2) is 4.80. The number of terminal acetylenes is 1. The third-order valence-electron chi connectivity index (χ3n) is 1.33. The average molecular weight is 251 g/mol. The van der Waals surface area contributed by atoms with E-state index in [4.69, 9.17) is 6.42 Å². The van der Waals surface area contributed by atoms with Crippen LogP contribution in [0.1, 0.15) is 0 Å². The minimum absolute atomic E-state index is 0.0836. The van der Waals surface area contributed by atoms with Gasteiger partial charge in [0.15, 0.2) is 10.5 Å². The number of alkyl halides is 3. The van der Waals surface area contributed by atoms with Gasteiger partial charge in [0, 0.05) is 0 Å². The fourth-order valence-corrected chi connectivity index (χ4v) is 1.66. The van der Waals surface area contributed by atoms with Crippen molar-refractivity contribution in [1.29, 1.82) is 0 Å². The minimum Gasteiger partial charge on any atom is -0.327 e. The fraction of sp³-hybridized carbons (Fsp3) is 0.286. The predicted octanol–water partition coefficient (Wildman–Crippen LogP) is 1.46. The van der Waals surface area contributed by atoms with Crippen molar-refractivity contribution >= 4 is 21.6 Å². The standard InChI is InChI=1S/C7H5F3N4OS/c1-2-3-11-5(15)13-6-14-12-4-16(6)7(8,9)10/h1,4H,3H2,(H-,11,13,14,15)/p+1. The minimum atomic E-state index is -4.50. The molecule has 0 aromatic carbocycles. The lowest BCUT2D eigenvalue weighted by molar-refractivity contribution is -0.0868. The van der Waals surface area contributed by atoms with E-state index in [2.05, 4.69) is 21.4 Å². The third-order valence-corrected chi connectivity index (χ3v) is 2.73. The first kappa shape index (κ1) is 12.3. The van der Waals surface area contributed by atoms with Crippen LogP contribution in [-0.4, -0.2) is 22.8 Å². The number of hydrogen-bond acceptors (Lipinski definition) is 3. The Labute approximate surface area is 91.0 Å². The Balaban J connectivity index is 2.72. The van der Waals surface area contributed by atoms with Gasteiger partial charge < -0.3 is 5.32 Å². The molecule has 1 rings (SSSR count). The first-order valence-electron chi connectivity index (χ1n) is 3.84. The second-order valence-corrected chi connectivity index (χ2v) is 4.16. The number of halogens is 3. The largest absolute Gasteiger partial charge is 0.605 e. The second-order valence-electron chi connectivity index (χ2n) is 2.42. The SMILES string of the molecule is C#CCNC(=O)Nc1nnc[s+]1C(F)(F)F. The summed E-state index contributed by atoms with van der Waals surface area (Å²) in [7, 11) is -2.27. The van der Waals surface area contributed by atoms with Gasteiger partial charge in [-0.25, -0.2) is 10.1 Å². The zero-order valence-corrected chi connectivity index (χ0v) is 8.52. The Morgan fingerprint density at radius 3 is 2.88 bits per heavy atom. The highest BCUT2D eigenvalue weighted by atomic mass is 32.2. The molecule has 5 nitrogen and oxygen atoms in total. The van der Waals surface area contributed by atoms with E-state index in [1.54, 1.807) is 0 Å². The van der Waals surface area contributed by atoms with Crippen molar-refractivity contribution in [2.45, 2.75) is 5.51 Å². The van der Waals surface area contributed by atoms with Crippen molar-refractivity contribution in [3.63, 3.8) is 0 Å². The van der Waals surface area contributed by atoms with E-state index in [0.29, 0.717) is 5.51 Å². The molecular weight excluding hydrogens is 245 g/mol. The Bertz CT molecular complexity index is 422. The molecule has 1 aromatic rings. The first-order valence-corrected chi connectivity index (χ1v) is 5.13. The van der Waals surface area contributed by atoms with E-state index < -0.39 is 27.1 Å². The number of amides is 2. The zero-order chi connectivity index (χ0) is 12.2. The highest BCUT2D eigenvalue weighted by molar-refractivity contribution is 7.33. The molecule has 0 spiro atoms. The number of carbonyl (C=O) groups is 1. The van der Waals surface area contributed by atoms with Crippen molar-refractivity contribution in [3.05, 3.63) is 5.51 Å². The molecule has 2 N–H and O–H groups in total. The van der Waals surface area contributed by atoms with Crippen LogP contribution in [0.5, 0.6) is 0 Å². The van der Waals surface area contributed by atoms with Gasteiger partial charge in [-0.1, -0.05) is 16.1 Å². The summed E-state index contributed by atoms with van der Waals surface area (Å²) in [5.41, 5.74) is -3.87. The van der Waals surface area contributed by atoms with Gasteiger partial charge in [0.1, 0.15) is 0 Å². The van der Waals surface area contributed by atoms with Gasteiger partial charge in [-0.3, -0.25) is 0 Å². The van der Waals surface area contributed by atoms with Crippen molar-refractivity contribution in [2.24, 2.45) is 0 Å². The van der Waals surface area contributed by atoms with Crippen molar-refractivity contribution < 1.29 is 18.0 Å². The summed E-state index contributed by atoms with van der Waals surface area (Å²) in [6.07, 6.45) is 4.86. The molecule has 86 valence electrons. The van der Waals surface area contributed by atoms with Gasteiger partial charge >= 0.3 is 16.7 Å². The van der Waals surface area contributed by atoms with Crippen LogP contribution in [-0.2, 0) is 5.51 Å². The number of rotatable bonds is 2. The van der Waals surface area contributed by atoms with E-state index in [9.17, 15) is 18.0 Å². The summed E-state index contributed by atoms with van der Waals surface area (Å²) in [5, 5.41) is 9.85. The quantitative estimate of drug-likeness (QED) is 0.617. The molecule has 2 amide bonds. The van der Waals surface area contributed by atoms with Crippen molar-refractivity contribution in [2.75, 3.05) is 11.9 Å². The molecule has 0 aliphatic carbocycles. The molecule has 0 bridgehead atoms. The number of nitrogens with one attached hydrogen (secondary N) is 2. The fourth-order valence-electron chi connectivity index (χ4n) is 0.739. The summed E-state index contributed by atoms with van der Waals surface area (Å²) in [4.78, 5) is 11.0. The molecule has 0 fully saturated rings. The molecule has 0 aliphatic heterocycles. The van der Waals surface area contributed by atoms with Gasteiger partial charge in [0.2, 0.25) is 0 Å². The highest BCUT2D eigenvalue weighted by Gasteiger charge is 2.48. The smallest absolute Gasteiger partial charge is 0.327 e. The molecule has 9 heteroatoms. The maximum absolute atomic E-state index is 12.3. The van der Waals surface area contributed by atoms with Crippen LogP contribution in [0.3, 0.4) is 0 Å². The lowest BCUT2D eigenvalue weighted by Crippen LogP contribution is -2.29.